The number of hydrogen-bond donors (Lipinski definition) is 2. The van der Waals surface area contributed by atoms with Crippen LogP contribution in [0.2, 0.25) is 0 Å². The average molecular weight is 337 g/mol. The zero-order valence-corrected chi connectivity index (χ0v) is 13.1. The van der Waals surface area contributed by atoms with Crippen molar-refractivity contribution in [2.45, 2.75) is 20.4 Å². The van der Waals surface area contributed by atoms with Gasteiger partial charge in [0.25, 0.3) is 0 Å². The predicted octanol–water partition coefficient (Wildman–Crippen LogP) is 2.25. The molecule has 0 amide bonds. The molecule has 0 aromatic carbocycles. The van der Waals surface area contributed by atoms with E-state index in [2.05, 4.69) is 48.1 Å². The Balaban J connectivity index is 2.29. The Hall–Kier alpha value is -1.73. The first-order valence-corrected chi connectivity index (χ1v) is 7.09. The number of nitrogens with zero attached hydrogens (tertiary/aromatic N) is 4. The monoisotopic (exact) mass is 336 g/mol. The van der Waals surface area contributed by atoms with Gasteiger partial charge in [-0.15, -0.1) is 0 Å². The molecule has 0 saturated heterocycles. The van der Waals surface area contributed by atoms with Crippen LogP contribution in [0.3, 0.4) is 0 Å². The second kappa shape index (κ2) is 6.62. The number of anilines is 2. The highest BCUT2D eigenvalue weighted by molar-refractivity contribution is 9.10. The van der Waals surface area contributed by atoms with Gasteiger partial charge in [0.1, 0.15) is 16.6 Å². The summed E-state index contributed by atoms with van der Waals surface area (Å²) in [6.45, 7) is 5.53. The number of hydrogen-bond acceptors (Lipinski definition) is 6. The minimum Gasteiger partial charge on any atom is -0.350 e. The van der Waals surface area contributed by atoms with Crippen LogP contribution in [-0.2, 0) is 6.54 Å². The number of rotatable bonds is 5. The number of nitrogens with one attached hydrogen (secondary N) is 1. The molecule has 106 valence electrons. The van der Waals surface area contributed by atoms with E-state index in [1.165, 1.54) is 6.33 Å². The van der Waals surface area contributed by atoms with Crippen molar-refractivity contribution in [1.82, 2.24) is 15.0 Å². The summed E-state index contributed by atoms with van der Waals surface area (Å²) >= 11 is 3.48. The minimum absolute atomic E-state index is 0.561. The second-order valence-corrected chi connectivity index (χ2v) is 5.08. The molecular formula is C13H17BrN6. The Morgan fingerprint density at radius 1 is 1.35 bits per heavy atom. The lowest BCUT2D eigenvalue weighted by molar-refractivity contribution is 0.785. The highest BCUT2D eigenvalue weighted by Gasteiger charge is 2.14. The lowest BCUT2D eigenvalue weighted by Gasteiger charge is -2.23. The molecule has 2 heterocycles. The number of aromatic nitrogens is 3. The molecule has 2 aromatic rings. The topological polar surface area (TPSA) is 80.0 Å². The summed E-state index contributed by atoms with van der Waals surface area (Å²) < 4.78 is 0.747. The third-order valence-corrected chi connectivity index (χ3v) is 3.62. The summed E-state index contributed by atoms with van der Waals surface area (Å²) in [6.07, 6.45) is 1.49. The smallest absolute Gasteiger partial charge is 0.159 e. The Labute approximate surface area is 126 Å². The molecule has 0 saturated carbocycles. The van der Waals surface area contributed by atoms with E-state index < -0.39 is 0 Å². The van der Waals surface area contributed by atoms with Crippen molar-refractivity contribution in [2.75, 3.05) is 16.9 Å². The van der Waals surface area contributed by atoms with Crippen LogP contribution in [0.25, 0.3) is 0 Å². The molecule has 2 rings (SSSR count). The fourth-order valence-corrected chi connectivity index (χ4v) is 2.47. The van der Waals surface area contributed by atoms with Crippen molar-refractivity contribution in [2.24, 2.45) is 5.84 Å². The van der Waals surface area contributed by atoms with Gasteiger partial charge in [-0.1, -0.05) is 6.07 Å². The van der Waals surface area contributed by atoms with Crippen LogP contribution < -0.4 is 16.2 Å². The van der Waals surface area contributed by atoms with E-state index in [1.54, 1.807) is 0 Å². The highest BCUT2D eigenvalue weighted by Crippen LogP contribution is 2.29. The molecule has 2 aromatic heterocycles. The van der Waals surface area contributed by atoms with Gasteiger partial charge < -0.3 is 10.3 Å². The van der Waals surface area contributed by atoms with Crippen molar-refractivity contribution in [3.8, 4) is 0 Å². The summed E-state index contributed by atoms with van der Waals surface area (Å²) in [4.78, 5) is 15.0. The van der Waals surface area contributed by atoms with Gasteiger partial charge in [0, 0.05) is 12.2 Å². The first-order valence-electron chi connectivity index (χ1n) is 6.30. The lowest BCUT2D eigenvalue weighted by Crippen LogP contribution is -2.25. The van der Waals surface area contributed by atoms with Crippen LogP contribution in [0.1, 0.15) is 18.3 Å². The maximum Gasteiger partial charge on any atom is 0.159 e. The van der Waals surface area contributed by atoms with Gasteiger partial charge in [0.05, 0.1) is 12.2 Å². The van der Waals surface area contributed by atoms with Crippen molar-refractivity contribution >= 4 is 27.6 Å². The summed E-state index contributed by atoms with van der Waals surface area (Å²) in [7, 11) is 0. The molecule has 0 radical (unpaired) electrons. The van der Waals surface area contributed by atoms with Crippen molar-refractivity contribution < 1.29 is 0 Å². The van der Waals surface area contributed by atoms with Crippen LogP contribution >= 0.6 is 15.9 Å². The number of halogens is 1. The van der Waals surface area contributed by atoms with Gasteiger partial charge in [0.15, 0.2) is 5.82 Å². The van der Waals surface area contributed by atoms with E-state index in [0.29, 0.717) is 12.4 Å². The van der Waals surface area contributed by atoms with Crippen LogP contribution in [-0.4, -0.2) is 21.5 Å². The summed E-state index contributed by atoms with van der Waals surface area (Å²) in [5.41, 5.74) is 4.55. The summed E-state index contributed by atoms with van der Waals surface area (Å²) in [6, 6.07) is 6.00. The molecule has 0 atom stereocenters. The fraction of sp³-hybridized carbons (Fsp3) is 0.308. The number of nitrogens with two attached hydrogens (primary N) is 1. The Morgan fingerprint density at radius 2 is 2.15 bits per heavy atom. The number of pyridine rings is 1. The molecule has 0 spiro atoms. The minimum atomic E-state index is 0.561. The van der Waals surface area contributed by atoms with Crippen molar-refractivity contribution in [3.63, 3.8) is 0 Å². The van der Waals surface area contributed by atoms with Crippen LogP contribution in [0.5, 0.6) is 0 Å². The van der Waals surface area contributed by atoms with E-state index in [4.69, 9.17) is 5.84 Å². The standard InChI is InChI=1S/C13H17BrN6/c1-3-20(7-10-6-4-5-9(2)18-10)13-11(14)12(19-15)16-8-17-13/h4-6,8H,3,7,15H2,1-2H3,(H,16,17,19). The third-order valence-electron chi connectivity index (χ3n) is 2.89. The molecule has 0 aliphatic heterocycles. The van der Waals surface area contributed by atoms with E-state index in [-0.39, 0.29) is 0 Å². The first kappa shape index (κ1) is 14.7. The molecule has 0 fully saturated rings. The van der Waals surface area contributed by atoms with Gasteiger partial charge in [-0.05, 0) is 41.9 Å². The molecular weight excluding hydrogens is 320 g/mol. The average Bonchev–Trinajstić information content (AvgIpc) is 2.45. The Kier molecular flexibility index (Phi) is 4.86. The van der Waals surface area contributed by atoms with Crippen molar-refractivity contribution in [1.29, 1.82) is 0 Å². The Morgan fingerprint density at radius 3 is 2.80 bits per heavy atom. The van der Waals surface area contributed by atoms with Crippen molar-refractivity contribution in [3.05, 3.63) is 40.4 Å². The quantitative estimate of drug-likeness (QED) is 0.644. The lowest BCUT2D eigenvalue weighted by atomic mass is 10.3. The fourth-order valence-electron chi connectivity index (χ4n) is 1.90. The van der Waals surface area contributed by atoms with E-state index in [0.717, 1.165) is 28.2 Å². The molecule has 0 unspecified atom stereocenters. The molecule has 0 aliphatic rings. The van der Waals surface area contributed by atoms with Gasteiger partial charge in [-0.2, -0.15) is 0 Å². The molecule has 7 heteroatoms. The third kappa shape index (κ3) is 3.23. The number of aryl methyl sites for hydroxylation is 1. The van der Waals surface area contributed by atoms with E-state index in [9.17, 15) is 0 Å². The van der Waals surface area contributed by atoms with Gasteiger partial charge in [-0.25, -0.2) is 15.8 Å². The van der Waals surface area contributed by atoms with Crippen LogP contribution in [0, 0.1) is 6.92 Å². The van der Waals surface area contributed by atoms with Crippen LogP contribution in [0.15, 0.2) is 29.0 Å². The summed E-state index contributed by atoms with van der Waals surface area (Å²) in [5.74, 6) is 6.78. The zero-order chi connectivity index (χ0) is 14.5. The highest BCUT2D eigenvalue weighted by atomic mass is 79.9. The molecule has 0 bridgehead atoms. The Bertz CT molecular complexity index is 589. The van der Waals surface area contributed by atoms with Crippen LogP contribution in [0.4, 0.5) is 11.6 Å². The maximum atomic E-state index is 5.43. The molecule has 0 aliphatic carbocycles. The molecule has 3 N–H and O–H groups in total. The predicted molar refractivity (Wildman–Crippen MR) is 83.2 cm³/mol. The van der Waals surface area contributed by atoms with E-state index in [1.807, 2.05) is 25.1 Å². The van der Waals surface area contributed by atoms with Gasteiger partial charge in [-0.3, -0.25) is 4.98 Å². The summed E-state index contributed by atoms with van der Waals surface area (Å²) in [5, 5.41) is 0. The number of hydrazine groups is 1. The van der Waals surface area contributed by atoms with E-state index >= 15 is 0 Å². The molecule has 6 nitrogen and oxygen atoms in total. The largest absolute Gasteiger partial charge is 0.350 e. The maximum absolute atomic E-state index is 5.43. The first-order chi connectivity index (χ1) is 9.65. The SMILES string of the molecule is CCN(Cc1cccc(C)n1)c1ncnc(NN)c1Br. The van der Waals surface area contributed by atoms with Gasteiger partial charge in [0.2, 0.25) is 0 Å². The number of nitrogen functional groups attached to an aromatic ring is 1. The zero-order valence-electron chi connectivity index (χ0n) is 11.5. The molecule has 20 heavy (non-hydrogen) atoms. The second-order valence-electron chi connectivity index (χ2n) is 4.29. The normalized spacial score (nSPS) is 10.4. The van der Waals surface area contributed by atoms with Gasteiger partial charge >= 0.3 is 0 Å².